The second kappa shape index (κ2) is 10.6. The molecule has 3 N–H and O–H groups in total. The Labute approximate surface area is 195 Å². The molecule has 1 aliphatic carbocycles. The number of nitrogens with two attached hydrogens (primary N) is 1. The van der Waals surface area contributed by atoms with Crippen LogP contribution in [0, 0.1) is 24.2 Å². The third kappa shape index (κ3) is 5.79. The molecule has 1 aromatic carbocycles. The molecule has 176 valence electrons. The molecule has 0 atom stereocenters. The van der Waals surface area contributed by atoms with Crippen LogP contribution in [0.2, 0.25) is 0 Å². The predicted molar refractivity (Wildman–Crippen MR) is 127 cm³/mol. The van der Waals surface area contributed by atoms with Gasteiger partial charge < -0.3 is 11.1 Å². The number of anilines is 1. The van der Waals surface area contributed by atoms with Crippen LogP contribution in [0.1, 0.15) is 67.4 Å². The lowest BCUT2D eigenvalue weighted by Gasteiger charge is -2.40. The van der Waals surface area contributed by atoms with E-state index in [0.717, 1.165) is 45.3 Å². The molecule has 0 unspecified atom stereocenters. The summed E-state index contributed by atoms with van der Waals surface area (Å²) in [7, 11) is 0. The second-order valence-corrected chi connectivity index (χ2v) is 8.78. The molecule has 2 fully saturated rings. The van der Waals surface area contributed by atoms with Gasteiger partial charge in [0.1, 0.15) is 5.56 Å². The largest absolute Gasteiger partial charge is 0.365 e. The minimum absolute atomic E-state index is 0.0102. The van der Waals surface area contributed by atoms with Gasteiger partial charge >= 0.3 is 0 Å². The highest BCUT2D eigenvalue weighted by Gasteiger charge is 2.39. The standard InChI is InChI=1S/C23H28N6O2.C2H6/c1-16-2-4-17(5-3-16)14-28-12-9-23(8-11-24,10-13-28)29-15-19(20(25)30)21(27-29)26-22(31)18-6-7-18;1-2/h2-5,15,18H,6-10,12-14H2,1H3,(H2,25,30)(H,26,27,31);1-2H3. The number of benzene rings is 1. The van der Waals surface area contributed by atoms with Gasteiger partial charge in [0, 0.05) is 31.7 Å². The number of nitrogens with zero attached hydrogens (tertiary/aromatic N) is 4. The molecular weight excluding hydrogens is 416 g/mol. The smallest absolute Gasteiger partial charge is 0.254 e. The number of piperidine rings is 1. The van der Waals surface area contributed by atoms with Gasteiger partial charge in [-0.05, 0) is 38.2 Å². The van der Waals surface area contributed by atoms with Crippen molar-refractivity contribution in [3.05, 3.63) is 47.2 Å². The van der Waals surface area contributed by atoms with Crippen molar-refractivity contribution in [1.82, 2.24) is 14.7 Å². The normalized spacial score (nSPS) is 17.4. The lowest BCUT2D eigenvalue weighted by molar-refractivity contribution is -0.117. The quantitative estimate of drug-likeness (QED) is 0.669. The van der Waals surface area contributed by atoms with Crippen molar-refractivity contribution in [2.45, 2.75) is 65.0 Å². The van der Waals surface area contributed by atoms with Crippen LogP contribution in [0.3, 0.4) is 0 Å². The molecule has 0 bridgehead atoms. The number of amides is 2. The number of carbonyl (C=O) groups excluding carboxylic acids is 2. The first-order chi connectivity index (χ1) is 15.9. The molecule has 2 heterocycles. The molecule has 2 amide bonds. The maximum absolute atomic E-state index is 12.2. The highest BCUT2D eigenvalue weighted by Crippen LogP contribution is 2.36. The SMILES string of the molecule is CC.Cc1ccc(CN2CCC(CC#N)(n3cc(C(N)=O)c(NC(=O)C4CC4)n3)CC2)cc1. The van der Waals surface area contributed by atoms with Crippen molar-refractivity contribution in [3.8, 4) is 6.07 Å². The predicted octanol–water partition coefficient (Wildman–Crippen LogP) is 3.57. The van der Waals surface area contributed by atoms with Crippen molar-refractivity contribution in [2.75, 3.05) is 18.4 Å². The lowest BCUT2D eigenvalue weighted by Crippen LogP contribution is -2.46. The van der Waals surface area contributed by atoms with Gasteiger partial charge in [-0.3, -0.25) is 19.2 Å². The van der Waals surface area contributed by atoms with Gasteiger partial charge in [0.05, 0.1) is 18.0 Å². The molecule has 1 saturated carbocycles. The average molecular weight is 451 g/mol. The molecule has 4 rings (SSSR count). The Balaban J connectivity index is 0.00000149. The zero-order chi connectivity index (χ0) is 24.0. The number of rotatable bonds is 7. The lowest BCUT2D eigenvalue weighted by atomic mass is 9.84. The number of aryl methyl sites for hydroxylation is 1. The summed E-state index contributed by atoms with van der Waals surface area (Å²) >= 11 is 0. The minimum atomic E-state index is -0.638. The van der Waals surface area contributed by atoms with Crippen molar-refractivity contribution in [3.63, 3.8) is 0 Å². The van der Waals surface area contributed by atoms with Crippen LogP contribution in [-0.4, -0.2) is 39.6 Å². The molecular formula is C25H34N6O2. The number of likely N-dealkylation sites (tertiary alicyclic amines) is 1. The Morgan fingerprint density at radius 3 is 2.39 bits per heavy atom. The summed E-state index contributed by atoms with van der Waals surface area (Å²) in [6.07, 6.45) is 5.03. The Morgan fingerprint density at radius 1 is 1.21 bits per heavy atom. The van der Waals surface area contributed by atoms with Gasteiger partial charge in [-0.25, -0.2) is 0 Å². The number of hydrogen-bond donors (Lipinski definition) is 2. The van der Waals surface area contributed by atoms with E-state index in [-0.39, 0.29) is 29.6 Å². The molecule has 2 aromatic rings. The van der Waals surface area contributed by atoms with E-state index in [0.29, 0.717) is 0 Å². The van der Waals surface area contributed by atoms with Crippen LogP contribution in [0.15, 0.2) is 30.5 Å². The van der Waals surface area contributed by atoms with Crippen LogP contribution >= 0.6 is 0 Å². The Hall–Kier alpha value is -3.18. The fourth-order valence-electron chi connectivity index (χ4n) is 4.17. The van der Waals surface area contributed by atoms with Crippen molar-refractivity contribution in [2.24, 2.45) is 11.7 Å². The maximum atomic E-state index is 12.2. The van der Waals surface area contributed by atoms with Crippen molar-refractivity contribution < 1.29 is 9.59 Å². The summed E-state index contributed by atoms with van der Waals surface area (Å²) in [5.74, 6) is -0.580. The average Bonchev–Trinajstić information content (AvgIpc) is 3.58. The van der Waals surface area contributed by atoms with Crippen LogP contribution in [0.4, 0.5) is 5.82 Å². The van der Waals surface area contributed by atoms with E-state index < -0.39 is 11.4 Å². The fourth-order valence-corrected chi connectivity index (χ4v) is 4.17. The number of primary amides is 1. The summed E-state index contributed by atoms with van der Waals surface area (Å²) in [5, 5.41) is 16.8. The molecule has 8 heteroatoms. The Bertz CT molecular complexity index is 1010. The summed E-state index contributed by atoms with van der Waals surface area (Å²) in [4.78, 5) is 26.5. The topological polar surface area (TPSA) is 117 Å². The summed E-state index contributed by atoms with van der Waals surface area (Å²) < 4.78 is 1.70. The third-order valence-electron chi connectivity index (χ3n) is 6.38. The molecule has 0 spiro atoms. The molecule has 8 nitrogen and oxygen atoms in total. The second-order valence-electron chi connectivity index (χ2n) is 8.78. The van der Waals surface area contributed by atoms with E-state index in [1.807, 2.05) is 13.8 Å². The fraction of sp³-hybridized carbons (Fsp3) is 0.520. The van der Waals surface area contributed by atoms with E-state index in [1.54, 1.807) is 10.9 Å². The number of nitriles is 1. The zero-order valence-corrected chi connectivity index (χ0v) is 19.8. The van der Waals surface area contributed by atoms with Gasteiger partial charge in [0.15, 0.2) is 5.82 Å². The van der Waals surface area contributed by atoms with E-state index >= 15 is 0 Å². The van der Waals surface area contributed by atoms with Crippen molar-refractivity contribution in [1.29, 1.82) is 5.26 Å². The summed E-state index contributed by atoms with van der Waals surface area (Å²) in [6, 6.07) is 10.8. The van der Waals surface area contributed by atoms with Crippen molar-refractivity contribution >= 4 is 17.6 Å². The molecule has 33 heavy (non-hydrogen) atoms. The minimum Gasteiger partial charge on any atom is -0.365 e. The monoisotopic (exact) mass is 450 g/mol. The molecule has 2 aliphatic rings. The summed E-state index contributed by atoms with van der Waals surface area (Å²) in [5.41, 5.74) is 7.71. The molecule has 1 aromatic heterocycles. The van der Waals surface area contributed by atoms with Gasteiger partial charge in [-0.2, -0.15) is 10.4 Å². The van der Waals surface area contributed by atoms with E-state index in [1.165, 1.54) is 11.1 Å². The van der Waals surface area contributed by atoms with Gasteiger partial charge in [0.25, 0.3) is 5.91 Å². The number of hydrogen-bond acceptors (Lipinski definition) is 5. The Kier molecular flexibility index (Phi) is 7.88. The highest BCUT2D eigenvalue weighted by atomic mass is 16.2. The van der Waals surface area contributed by atoms with Gasteiger partial charge in [-0.15, -0.1) is 0 Å². The number of carbonyl (C=O) groups is 2. The number of nitrogens with one attached hydrogen (secondary N) is 1. The van der Waals surface area contributed by atoms with Crippen LogP contribution in [0.25, 0.3) is 0 Å². The van der Waals surface area contributed by atoms with E-state index in [4.69, 9.17) is 5.73 Å². The first-order valence-corrected chi connectivity index (χ1v) is 11.8. The summed E-state index contributed by atoms with van der Waals surface area (Å²) in [6.45, 7) is 8.56. The molecule has 0 radical (unpaired) electrons. The number of aromatic nitrogens is 2. The van der Waals surface area contributed by atoms with Crippen LogP contribution in [-0.2, 0) is 16.9 Å². The first kappa shape index (κ1) is 24.5. The van der Waals surface area contributed by atoms with Gasteiger partial charge in [-0.1, -0.05) is 43.7 Å². The first-order valence-electron chi connectivity index (χ1n) is 11.8. The molecule has 1 saturated heterocycles. The van der Waals surface area contributed by atoms with E-state index in [2.05, 4.69) is 52.6 Å². The highest BCUT2D eigenvalue weighted by molar-refractivity contribution is 6.02. The Morgan fingerprint density at radius 2 is 1.85 bits per heavy atom. The van der Waals surface area contributed by atoms with E-state index in [9.17, 15) is 14.9 Å². The van der Waals surface area contributed by atoms with Crippen LogP contribution in [0.5, 0.6) is 0 Å². The third-order valence-corrected chi connectivity index (χ3v) is 6.38. The van der Waals surface area contributed by atoms with Crippen LogP contribution < -0.4 is 11.1 Å². The molecule has 1 aliphatic heterocycles. The maximum Gasteiger partial charge on any atom is 0.254 e. The zero-order valence-electron chi connectivity index (χ0n) is 19.8. The van der Waals surface area contributed by atoms with Gasteiger partial charge in [0.2, 0.25) is 5.91 Å².